The molecule has 2 aromatic rings. The summed E-state index contributed by atoms with van der Waals surface area (Å²) in [6.07, 6.45) is -2.75. The molecule has 1 aromatic heterocycles. The number of benzene rings is 1. The van der Waals surface area contributed by atoms with E-state index in [1.165, 1.54) is 12.3 Å². The molecule has 1 heterocycles. The fourth-order valence-corrected chi connectivity index (χ4v) is 2.07. The van der Waals surface area contributed by atoms with Gasteiger partial charge in [0.2, 0.25) is 0 Å². The molecule has 1 amide bonds. The molecule has 2 rings (SSSR count). The fraction of sp³-hybridized carbons (Fsp3) is 0.375. The monoisotopic (exact) mass is 341 g/mol. The van der Waals surface area contributed by atoms with Crippen LogP contribution in [0.4, 0.5) is 13.2 Å². The summed E-state index contributed by atoms with van der Waals surface area (Å²) in [4.78, 5) is 12.1. The number of hydrogen-bond acceptors (Lipinski definition) is 3. The molecule has 130 valence electrons. The minimum atomic E-state index is -4.51. The molecule has 5 nitrogen and oxygen atoms in total. The molecule has 0 aliphatic rings. The van der Waals surface area contributed by atoms with Crippen LogP contribution >= 0.6 is 0 Å². The second-order valence-electron chi connectivity index (χ2n) is 5.30. The highest BCUT2D eigenvalue weighted by Crippen LogP contribution is 2.27. The highest BCUT2D eigenvalue weighted by Gasteiger charge is 2.33. The maximum atomic E-state index is 12.6. The van der Waals surface area contributed by atoms with Gasteiger partial charge in [-0.25, -0.2) is 4.68 Å². The maximum Gasteiger partial charge on any atom is 0.435 e. The van der Waals surface area contributed by atoms with Crippen LogP contribution < -0.4 is 5.32 Å². The smallest absolute Gasteiger partial charge is 0.393 e. The summed E-state index contributed by atoms with van der Waals surface area (Å²) in [5, 5.41) is 15.6. The highest BCUT2D eigenvalue weighted by atomic mass is 19.4. The van der Waals surface area contributed by atoms with Crippen molar-refractivity contribution in [2.45, 2.75) is 32.0 Å². The van der Waals surface area contributed by atoms with Gasteiger partial charge in [-0.1, -0.05) is 13.0 Å². The van der Waals surface area contributed by atoms with Gasteiger partial charge in [0.15, 0.2) is 5.69 Å². The molecule has 0 fully saturated rings. The van der Waals surface area contributed by atoms with Gasteiger partial charge < -0.3 is 10.4 Å². The summed E-state index contributed by atoms with van der Waals surface area (Å²) in [5.41, 5.74) is -0.333. The Morgan fingerprint density at radius 2 is 2.12 bits per heavy atom. The predicted molar refractivity (Wildman–Crippen MR) is 81.8 cm³/mol. The van der Waals surface area contributed by atoms with Gasteiger partial charge in [-0.2, -0.15) is 18.3 Å². The van der Waals surface area contributed by atoms with Crippen molar-refractivity contribution in [3.05, 3.63) is 47.8 Å². The van der Waals surface area contributed by atoms with Crippen LogP contribution in [0.3, 0.4) is 0 Å². The van der Waals surface area contributed by atoms with Gasteiger partial charge in [-0.3, -0.25) is 4.79 Å². The Morgan fingerprint density at radius 1 is 1.38 bits per heavy atom. The van der Waals surface area contributed by atoms with Gasteiger partial charge >= 0.3 is 6.18 Å². The number of carbonyl (C=O) groups is 1. The molecule has 0 saturated carbocycles. The van der Waals surface area contributed by atoms with Crippen LogP contribution in [0.2, 0.25) is 0 Å². The number of aliphatic hydroxyl groups excluding tert-OH is 1. The number of aromatic nitrogens is 2. The van der Waals surface area contributed by atoms with Crippen LogP contribution in [-0.4, -0.2) is 33.4 Å². The average molecular weight is 341 g/mol. The van der Waals surface area contributed by atoms with Crippen molar-refractivity contribution in [2.75, 3.05) is 6.54 Å². The molecule has 1 unspecified atom stereocenters. The summed E-state index contributed by atoms with van der Waals surface area (Å²) >= 11 is 0. The Hall–Kier alpha value is -2.35. The third-order valence-corrected chi connectivity index (χ3v) is 3.49. The number of amides is 1. The molecular formula is C16H18F3N3O2. The van der Waals surface area contributed by atoms with E-state index in [1.807, 2.05) is 6.92 Å². The van der Waals surface area contributed by atoms with Crippen molar-refractivity contribution >= 4 is 5.91 Å². The van der Waals surface area contributed by atoms with Gasteiger partial charge in [-0.15, -0.1) is 0 Å². The van der Waals surface area contributed by atoms with Crippen molar-refractivity contribution in [3.8, 4) is 5.69 Å². The standard InChI is InChI=1S/C16H18F3N3O2/c1-2-13(23)6-8-20-15(24)11-4-3-5-12(10-11)22-9-7-14(21-22)16(17,18)19/h3-5,7,9-10,13,23H,2,6,8H2,1H3,(H,20,24). The summed E-state index contributed by atoms with van der Waals surface area (Å²) in [6, 6.07) is 7.02. The van der Waals surface area contributed by atoms with Gasteiger partial charge in [-0.05, 0) is 37.1 Å². The third kappa shape index (κ3) is 4.58. The summed E-state index contributed by atoms with van der Waals surface area (Å²) in [7, 11) is 0. The lowest BCUT2D eigenvalue weighted by atomic mass is 10.1. The van der Waals surface area contributed by atoms with E-state index >= 15 is 0 Å². The first-order valence-corrected chi connectivity index (χ1v) is 7.51. The molecule has 1 atom stereocenters. The molecule has 8 heteroatoms. The van der Waals surface area contributed by atoms with Crippen LogP contribution in [0, 0.1) is 0 Å². The lowest BCUT2D eigenvalue weighted by Crippen LogP contribution is -2.27. The first kappa shape index (κ1) is 18.0. The number of alkyl halides is 3. The molecule has 0 spiro atoms. The van der Waals surface area contributed by atoms with E-state index in [-0.39, 0.29) is 5.91 Å². The minimum Gasteiger partial charge on any atom is -0.393 e. The van der Waals surface area contributed by atoms with Crippen molar-refractivity contribution in [1.82, 2.24) is 15.1 Å². The van der Waals surface area contributed by atoms with E-state index in [0.717, 1.165) is 10.7 Å². The molecule has 0 radical (unpaired) electrons. The van der Waals surface area contributed by atoms with E-state index in [1.54, 1.807) is 18.2 Å². The average Bonchev–Trinajstić information content (AvgIpc) is 3.05. The largest absolute Gasteiger partial charge is 0.435 e. The molecule has 0 saturated heterocycles. The second kappa shape index (κ2) is 7.48. The summed E-state index contributed by atoms with van der Waals surface area (Å²) in [6.45, 7) is 2.16. The SMILES string of the molecule is CCC(O)CCNC(=O)c1cccc(-n2ccc(C(F)(F)F)n2)c1. The van der Waals surface area contributed by atoms with Crippen LogP contribution in [-0.2, 0) is 6.18 Å². The Kier molecular flexibility index (Phi) is 5.61. The Bertz CT molecular complexity index is 698. The van der Waals surface area contributed by atoms with E-state index in [0.29, 0.717) is 30.6 Å². The molecular weight excluding hydrogens is 323 g/mol. The zero-order valence-corrected chi connectivity index (χ0v) is 13.0. The van der Waals surface area contributed by atoms with Crippen molar-refractivity contribution in [1.29, 1.82) is 0 Å². The van der Waals surface area contributed by atoms with E-state index < -0.39 is 18.0 Å². The highest BCUT2D eigenvalue weighted by molar-refractivity contribution is 5.94. The number of nitrogens with zero attached hydrogens (tertiary/aromatic N) is 2. The van der Waals surface area contributed by atoms with E-state index in [9.17, 15) is 23.1 Å². The van der Waals surface area contributed by atoms with Crippen LogP contribution in [0.1, 0.15) is 35.8 Å². The van der Waals surface area contributed by atoms with Crippen LogP contribution in [0.25, 0.3) is 5.69 Å². The van der Waals surface area contributed by atoms with E-state index in [2.05, 4.69) is 10.4 Å². The minimum absolute atomic E-state index is 0.308. The fourth-order valence-electron chi connectivity index (χ4n) is 2.07. The van der Waals surface area contributed by atoms with Crippen LogP contribution in [0.5, 0.6) is 0 Å². The molecule has 0 bridgehead atoms. The summed E-state index contributed by atoms with van der Waals surface area (Å²) in [5.74, 6) is -0.358. The van der Waals surface area contributed by atoms with Gasteiger partial charge in [0, 0.05) is 18.3 Å². The lowest BCUT2D eigenvalue weighted by Gasteiger charge is -2.10. The lowest BCUT2D eigenvalue weighted by molar-refractivity contribution is -0.141. The zero-order chi connectivity index (χ0) is 17.7. The number of halogens is 3. The van der Waals surface area contributed by atoms with E-state index in [4.69, 9.17) is 0 Å². The number of hydrogen-bond donors (Lipinski definition) is 2. The topological polar surface area (TPSA) is 67.2 Å². The Balaban J connectivity index is 2.08. The summed E-state index contributed by atoms with van der Waals surface area (Å²) < 4.78 is 38.9. The Morgan fingerprint density at radius 3 is 2.75 bits per heavy atom. The van der Waals surface area contributed by atoms with Crippen molar-refractivity contribution in [2.24, 2.45) is 0 Å². The van der Waals surface area contributed by atoms with Gasteiger partial charge in [0.25, 0.3) is 5.91 Å². The first-order chi connectivity index (χ1) is 11.3. The third-order valence-electron chi connectivity index (χ3n) is 3.49. The zero-order valence-electron chi connectivity index (χ0n) is 13.0. The number of rotatable bonds is 6. The maximum absolute atomic E-state index is 12.6. The molecule has 0 aliphatic carbocycles. The van der Waals surface area contributed by atoms with Crippen molar-refractivity contribution in [3.63, 3.8) is 0 Å². The van der Waals surface area contributed by atoms with Gasteiger partial charge in [0.05, 0.1) is 11.8 Å². The first-order valence-electron chi connectivity index (χ1n) is 7.51. The predicted octanol–water partition coefficient (Wildman–Crippen LogP) is 2.78. The number of aliphatic hydroxyl groups is 1. The van der Waals surface area contributed by atoms with Gasteiger partial charge in [0.1, 0.15) is 0 Å². The molecule has 24 heavy (non-hydrogen) atoms. The molecule has 2 N–H and O–H groups in total. The Labute approximate surface area is 137 Å². The number of nitrogens with one attached hydrogen (secondary N) is 1. The van der Waals surface area contributed by atoms with Crippen molar-refractivity contribution < 1.29 is 23.1 Å². The quantitative estimate of drug-likeness (QED) is 0.849. The molecule has 1 aromatic carbocycles. The normalized spacial score (nSPS) is 12.9. The molecule has 0 aliphatic heterocycles. The second-order valence-corrected chi connectivity index (χ2v) is 5.30. The van der Waals surface area contributed by atoms with Crippen LogP contribution in [0.15, 0.2) is 36.5 Å². The number of carbonyl (C=O) groups excluding carboxylic acids is 1.